The fourth-order valence-electron chi connectivity index (χ4n) is 1.81. The zero-order valence-corrected chi connectivity index (χ0v) is 11.7. The number of hydrogen-bond donors (Lipinski definition) is 0. The predicted molar refractivity (Wildman–Crippen MR) is 74.3 cm³/mol. The van der Waals surface area contributed by atoms with Crippen LogP contribution in [0.3, 0.4) is 0 Å². The lowest BCUT2D eigenvalue weighted by atomic mass is 10.1. The third kappa shape index (κ3) is 3.32. The smallest absolute Gasteiger partial charge is 0.258 e. The molecule has 18 heteroatoms. The maximum atomic E-state index is 11.1. The van der Waals surface area contributed by atoms with Crippen LogP contribution >= 0.6 is 0 Å². The maximum Gasteiger partial charge on any atom is 0.638 e. The van der Waals surface area contributed by atoms with Gasteiger partial charge in [0.25, 0.3) is 0 Å². The summed E-state index contributed by atoms with van der Waals surface area (Å²) >= 11 is 0. The SMILES string of the molecule is O=[N+]([O-])C(=C([N+](=O)[O-])[N+](=O)[O-])c1ccc([N+](=O)[O-])c([N+](=O)[O-])c1[N+](=O)[O-]. The summed E-state index contributed by atoms with van der Waals surface area (Å²) in [5, 5.41) is 65.4. The van der Waals surface area contributed by atoms with Crippen LogP contribution in [0, 0.1) is 60.7 Å². The third-order valence-electron chi connectivity index (χ3n) is 2.69. The first kappa shape index (κ1) is 19.4. The van der Waals surface area contributed by atoms with Crippen LogP contribution in [0.25, 0.3) is 5.70 Å². The van der Waals surface area contributed by atoms with Gasteiger partial charge in [-0.3, -0.25) is 60.7 Å². The van der Waals surface area contributed by atoms with E-state index in [1.54, 1.807) is 0 Å². The van der Waals surface area contributed by atoms with Gasteiger partial charge in [-0.2, -0.15) is 0 Å². The summed E-state index contributed by atoms with van der Waals surface area (Å²) in [5.74, 6) is -2.32. The first-order chi connectivity index (χ1) is 11.9. The fraction of sp³-hybridized carbons (Fsp3) is 0. The Morgan fingerprint density at radius 3 is 1.38 bits per heavy atom. The summed E-state index contributed by atoms with van der Waals surface area (Å²) in [6.45, 7) is 0. The lowest BCUT2D eigenvalue weighted by Gasteiger charge is -2.01. The van der Waals surface area contributed by atoms with Crippen LogP contribution in [0.1, 0.15) is 5.56 Å². The van der Waals surface area contributed by atoms with Gasteiger partial charge in [0.15, 0.2) is 5.56 Å². The lowest BCUT2D eigenvalue weighted by molar-refractivity contribution is -0.621. The van der Waals surface area contributed by atoms with E-state index in [2.05, 4.69) is 0 Å². The minimum absolute atomic E-state index is 0.203. The zero-order valence-electron chi connectivity index (χ0n) is 11.7. The molecule has 0 radical (unpaired) electrons. The molecule has 136 valence electrons. The van der Waals surface area contributed by atoms with Gasteiger partial charge < -0.3 is 0 Å². The molecule has 0 aliphatic heterocycles. The van der Waals surface area contributed by atoms with E-state index in [9.17, 15) is 60.7 Å². The van der Waals surface area contributed by atoms with Gasteiger partial charge >= 0.3 is 28.6 Å². The number of benzene rings is 1. The van der Waals surface area contributed by atoms with Gasteiger partial charge in [0.05, 0.1) is 19.7 Å². The van der Waals surface area contributed by atoms with Gasteiger partial charge in [-0.05, 0) is 6.07 Å². The van der Waals surface area contributed by atoms with Crippen LogP contribution in [-0.4, -0.2) is 29.5 Å². The first-order valence-corrected chi connectivity index (χ1v) is 5.69. The molecule has 26 heavy (non-hydrogen) atoms. The molecule has 0 fully saturated rings. The van der Waals surface area contributed by atoms with Gasteiger partial charge in [0, 0.05) is 6.07 Å². The van der Waals surface area contributed by atoms with Crippen molar-refractivity contribution in [2.75, 3.05) is 0 Å². The Hall–Kier alpha value is -4.64. The molecule has 0 unspecified atom stereocenters. The van der Waals surface area contributed by atoms with Crippen molar-refractivity contribution in [1.82, 2.24) is 0 Å². The molecular weight excluding hydrogens is 372 g/mol. The quantitative estimate of drug-likeness (QED) is 0.475. The number of nitrogens with zero attached hydrogens (tertiary/aromatic N) is 6. The summed E-state index contributed by atoms with van der Waals surface area (Å²) in [5.41, 5.74) is -8.72. The van der Waals surface area contributed by atoms with Gasteiger partial charge in [-0.1, -0.05) is 0 Å². The number of rotatable bonds is 7. The molecule has 0 aliphatic carbocycles. The Balaban J connectivity index is 4.22. The van der Waals surface area contributed by atoms with Crippen LogP contribution < -0.4 is 0 Å². The summed E-state index contributed by atoms with van der Waals surface area (Å²) in [6.07, 6.45) is 0. The predicted octanol–water partition coefficient (Wildman–Crippen LogP) is 0.867. The molecule has 0 aromatic heterocycles. The van der Waals surface area contributed by atoms with Crippen molar-refractivity contribution in [2.45, 2.75) is 0 Å². The highest BCUT2D eigenvalue weighted by Gasteiger charge is 2.50. The lowest BCUT2D eigenvalue weighted by Crippen LogP contribution is -2.17. The molecule has 0 bridgehead atoms. The van der Waals surface area contributed by atoms with E-state index in [0.717, 1.165) is 0 Å². The molecule has 0 heterocycles. The zero-order chi connectivity index (χ0) is 20.3. The van der Waals surface area contributed by atoms with Crippen molar-refractivity contribution in [1.29, 1.82) is 0 Å². The Bertz CT molecular complexity index is 903. The molecule has 18 nitrogen and oxygen atoms in total. The molecule has 0 aliphatic rings. The Morgan fingerprint density at radius 1 is 0.615 bits per heavy atom. The van der Waals surface area contributed by atoms with Crippen molar-refractivity contribution < 1.29 is 29.5 Å². The maximum absolute atomic E-state index is 11.1. The number of hydrogen-bond acceptors (Lipinski definition) is 12. The van der Waals surface area contributed by atoms with E-state index in [-0.39, 0.29) is 12.1 Å². The van der Waals surface area contributed by atoms with Crippen molar-refractivity contribution in [3.63, 3.8) is 0 Å². The average molecular weight is 374 g/mol. The van der Waals surface area contributed by atoms with Crippen LogP contribution in [0.15, 0.2) is 18.0 Å². The van der Waals surface area contributed by atoms with E-state index in [0.29, 0.717) is 0 Å². The van der Waals surface area contributed by atoms with Crippen LogP contribution in [0.4, 0.5) is 17.1 Å². The fourth-order valence-corrected chi connectivity index (χ4v) is 1.81. The topological polar surface area (TPSA) is 259 Å². The molecular formula is C8H2N6O12. The highest BCUT2D eigenvalue weighted by molar-refractivity contribution is 5.79. The molecule has 0 N–H and O–H groups in total. The highest BCUT2D eigenvalue weighted by Crippen LogP contribution is 2.42. The average Bonchev–Trinajstić information content (AvgIpc) is 2.49. The standard InChI is InChI=1S/C8H2N6O12/c15-9(16)4-2-1-3(5(10(17)18)7(4)12(21)22)6(11(19)20)8(13(23)24)14(25)26/h1-2H. The Labute approximate surface area is 137 Å². The van der Waals surface area contributed by atoms with E-state index < -0.39 is 63.7 Å². The van der Waals surface area contributed by atoms with Gasteiger partial charge in [-0.15, -0.1) is 0 Å². The van der Waals surface area contributed by atoms with Crippen molar-refractivity contribution in [3.05, 3.63) is 84.2 Å². The molecule has 0 spiro atoms. The summed E-state index contributed by atoms with van der Waals surface area (Å²) in [6, 6.07) is 0.426. The van der Waals surface area contributed by atoms with Gasteiger partial charge in [-0.25, -0.2) is 0 Å². The minimum atomic E-state index is -2.32. The normalized spacial score (nSPS) is 9.85. The summed E-state index contributed by atoms with van der Waals surface area (Å²) in [4.78, 5) is 55.3. The minimum Gasteiger partial charge on any atom is -0.258 e. The van der Waals surface area contributed by atoms with E-state index in [4.69, 9.17) is 0 Å². The summed E-state index contributed by atoms with van der Waals surface area (Å²) in [7, 11) is 0. The molecule has 1 rings (SSSR count). The van der Waals surface area contributed by atoms with Crippen LogP contribution in [0.5, 0.6) is 0 Å². The monoisotopic (exact) mass is 374 g/mol. The van der Waals surface area contributed by atoms with Crippen molar-refractivity contribution >= 4 is 22.8 Å². The Morgan fingerprint density at radius 2 is 1.08 bits per heavy atom. The molecule has 1 aromatic carbocycles. The first-order valence-electron chi connectivity index (χ1n) is 5.69. The number of nitro groups is 6. The second-order valence-corrected chi connectivity index (χ2v) is 4.04. The highest BCUT2D eigenvalue weighted by atomic mass is 16.7. The van der Waals surface area contributed by atoms with E-state index in [1.807, 2.05) is 0 Å². The molecule has 0 atom stereocenters. The number of nitro benzene ring substituents is 3. The second kappa shape index (κ2) is 6.86. The van der Waals surface area contributed by atoms with E-state index in [1.165, 1.54) is 0 Å². The van der Waals surface area contributed by atoms with Crippen molar-refractivity contribution in [3.8, 4) is 0 Å². The van der Waals surface area contributed by atoms with Crippen LogP contribution in [-0.2, 0) is 0 Å². The van der Waals surface area contributed by atoms with E-state index >= 15 is 0 Å². The van der Waals surface area contributed by atoms with Crippen molar-refractivity contribution in [2.24, 2.45) is 0 Å². The largest absolute Gasteiger partial charge is 0.638 e. The third-order valence-corrected chi connectivity index (χ3v) is 2.69. The summed E-state index contributed by atoms with van der Waals surface area (Å²) < 4.78 is 0. The molecule has 0 amide bonds. The molecule has 1 aromatic rings. The molecule has 0 saturated heterocycles. The van der Waals surface area contributed by atoms with Gasteiger partial charge in [0.2, 0.25) is 0 Å². The van der Waals surface area contributed by atoms with Crippen LogP contribution in [0.2, 0.25) is 0 Å². The van der Waals surface area contributed by atoms with Gasteiger partial charge in [0.1, 0.15) is 9.85 Å². The Kier molecular flexibility index (Phi) is 5.12. The second-order valence-electron chi connectivity index (χ2n) is 4.04. The molecule has 0 saturated carbocycles.